The maximum Gasteiger partial charge on any atom is 0.285 e. The number of hydrogen-bond donors (Lipinski definition) is 0. The number of hydrogen-bond acceptors (Lipinski definition) is 4. The topological polar surface area (TPSA) is 79.0 Å². The van der Waals surface area contributed by atoms with Crippen molar-refractivity contribution in [1.82, 2.24) is 9.78 Å². The fraction of sp³-hybridized carbons (Fsp3) is 0.368. The number of fused-ring (bicyclic) bond motifs is 1. The van der Waals surface area contributed by atoms with Crippen LogP contribution in [0.2, 0.25) is 0 Å². The first-order chi connectivity index (χ1) is 11.9. The molecule has 1 atom stereocenters. The molecule has 0 spiro atoms. The number of benzene rings is 1. The number of aromatic nitrogens is 2. The molecule has 1 aliphatic rings. The highest BCUT2D eigenvalue weighted by Gasteiger charge is 2.28. The number of nitrogens with zero attached hydrogens (tertiary/aromatic N) is 4. The maximum atomic E-state index is 12.9. The zero-order valence-corrected chi connectivity index (χ0v) is 14.6. The number of anilines is 1. The molecule has 6 heteroatoms. The van der Waals surface area contributed by atoms with Crippen molar-refractivity contribution >= 4 is 11.6 Å². The summed E-state index contributed by atoms with van der Waals surface area (Å²) in [6.45, 7) is 5.26. The van der Waals surface area contributed by atoms with E-state index in [2.05, 4.69) is 5.10 Å². The molecule has 1 aliphatic heterocycles. The largest absolute Gasteiger partial charge is 0.308 e. The summed E-state index contributed by atoms with van der Waals surface area (Å²) in [5.41, 5.74) is 2.70. The molecular formula is C19H20N4O2. The Morgan fingerprint density at radius 2 is 2.08 bits per heavy atom. The average Bonchev–Trinajstić information content (AvgIpc) is 2.60. The SMILES string of the molecule is Cc1nn(CC(=O)N2c3ccccc3CC[C@H]2C)c(=O)c(C#N)c1C. The summed E-state index contributed by atoms with van der Waals surface area (Å²) < 4.78 is 1.10. The Hall–Kier alpha value is -2.94. The van der Waals surface area contributed by atoms with Crippen LogP contribution in [0.25, 0.3) is 0 Å². The highest BCUT2D eigenvalue weighted by Crippen LogP contribution is 2.30. The predicted molar refractivity (Wildman–Crippen MR) is 94.4 cm³/mol. The summed E-state index contributed by atoms with van der Waals surface area (Å²) >= 11 is 0. The van der Waals surface area contributed by atoms with E-state index in [1.54, 1.807) is 18.7 Å². The molecule has 1 amide bonds. The molecule has 1 aromatic carbocycles. The number of rotatable bonds is 2. The molecule has 0 N–H and O–H groups in total. The van der Waals surface area contributed by atoms with Crippen LogP contribution in [0.5, 0.6) is 0 Å². The van der Waals surface area contributed by atoms with Crippen LogP contribution in [-0.2, 0) is 17.8 Å². The van der Waals surface area contributed by atoms with E-state index in [9.17, 15) is 14.9 Å². The van der Waals surface area contributed by atoms with E-state index in [-0.39, 0.29) is 24.1 Å². The Bertz CT molecular complexity index is 939. The third-order valence-corrected chi connectivity index (χ3v) is 4.83. The van der Waals surface area contributed by atoms with Gasteiger partial charge in [-0.1, -0.05) is 18.2 Å². The van der Waals surface area contributed by atoms with Gasteiger partial charge in [0.2, 0.25) is 5.91 Å². The van der Waals surface area contributed by atoms with Gasteiger partial charge in [0.1, 0.15) is 18.2 Å². The highest BCUT2D eigenvalue weighted by molar-refractivity contribution is 5.95. The van der Waals surface area contributed by atoms with Gasteiger partial charge in [0.05, 0.1) is 5.69 Å². The third-order valence-electron chi connectivity index (χ3n) is 4.83. The molecule has 0 unspecified atom stereocenters. The van der Waals surface area contributed by atoms with Gasteiger partial charge >= 0.3 is 0 Å². The van der Waals surface area contributed by atoms with Crippen molar-refractivity contribution in [1.29, 1.82) is 5.26 Å². The number of para-hydroxylation sites is 1. The molecule has 0 saturated heterocycles. The second-order valence-electron chi connectivity index (χ2n) is 6.44. The van der Waals surface area contributed by atoms with Crippen LogP contribution in [0.3, 0.4) is 0 Å². The second-order valence-corrected chi connectivity index (χ2v) is 6.44. The highest BCUT2D eigenvalue weighted by atomic mass is 16.2. The molecule has 2 heterocycles. The third kappa shape index (κ3) is 2.93. The van der Waals surface area contributed by atoms with Crippen LogP contribution in [0.4, 0.5) is 5.69 Å². The second kappa shape index (κ2) is 6.52. The number of nitriles is 1. The molecule has 2 aromatic rings. The molecule has 0 fully saturated rings. The predicted octanol–water partition coefficient (Wildman–Crippen LogP) is 2.10. The van der Waals surface area contributed by atoms with Crippen LogP contribution in [0.1, 0.15) is 35.7 Å². The van der Waals surface area contributed by atoms with Gasteiger partial charge in [-0.25, -0.2) is 4.68 Å². The zero-order chi connectivity index (χ0) is 18.1. The molecule has 3 rings (SSSR count). The van der Waals surface area contributed by atoms with E-state index in [4.69, 9.17) is 0 Å². The molecule has 1 aromatic heterocycles. The summed E-state index contributed by atoms with van der Waals surface area (Å²) in [7, 11) is 0. The fourth-order valence-corrected chi connectivity index (χ4v) is 3.28. The van der Waals surface area contributed by atoms with Gasteiger partial charge in [0.15, 0.2) is 0 Å². The van der Waals surface area contributed by atoms with Gasteiger partial charge < -0.3 is 4.90 Å². The van der Waals surface area contributed by atoms with E-state index < -0.39 is 5.56 Å². The van der Waals surface area contributed by atoms with Crippen molar-refractivity contribution in [2.24, 2.45) is 0 Å². The first-order valence-electron chi connectivity index (χ1n) is 8.32. The van der Waals surface area contributed by atoms with Crippen molar-refractivity contribution in [2.75, 3.05) is 4.90 Å². The van der Waals surface area contributed by atoms with E-state index in [1.165, 1.54) is 0 Å². The molecule has 0 aliphatic carbocycles. The molecule has 25 heavy (non-hydrogen) atoms. The van der Waals surface area contributed by atoms with Crippen molar-refractivity contribution < 1.29 is 4.79 Å². The molecule has 0 saturated carbocycles. The minimum Gasteiger partial charge on any atom is -0.308 e. The van der Waals surface area contributed by atoms with Crippen LogP contribution in [-0.4, -0.2) is 21.7 Å². The lowest BCUT2D eigenvalue weighted by Crippen LogP contribution is -2.45. The lowest BCUT2D eigenvalue weighted by atomic mass is 9.96. The van der Waals surface area contributed by atoms with E-state index in [1.807, 2.05) is 37.3 Å². The van der Waals surface area contributed by atoms with Crippen molar-refractivity contribution in [3.63, 3.8) is 0 Å². The summed E-state index contributed by atoms with van der Waals surface area (Å²) in [6, 6.07) is 9.81. The summed E-state index contributed by atoms with van der Waals surface area (Å²) in [5, 5.41) is 13.4. The quantitative estimate of drug-likeness (QED) is 0.841. The summed E-state index contributed by atoms with van der Waals surface area (Å²) in [6.07, 6.45) is 1.81. The zero-order valence-electron chi connectivity index (χ0n) is 14.6. The minimum atomic E-state index is -0.517. The van der Waals surface area contributed by atoms with Gasteiger partial charge in [0, 0.05) is 11.7 Å². The van der Waals surface area contributed by atoms with Crippen LogP contribution in [0, 0.1) is 25.2 Å². The molecular weight excluding hydrogens is 316 g/mol. The van der Waals surface area contributed by atoms with Crippen LogP contribution in [0.15, 0.2) is 29.1 Å². The van der Waals surface area contributed by atoms with Gasteiger partial charge in [-0.15, -0.1) is 0 Å². The molecule has 0 radical (unpaired) electrons. The lowest BCUT2D eigenvalue weighted by Gasteiger charge is -2.35. The average molecular weight is 336 g/mol. The maximum absolute atomic E-state index is 12.9. The fourth-order valence-electron chi connectivity index (χ4n) is 3.28. The van der Waals surface area contributed by atoms with E-state index in [0.29, 0.717) is 11.3 Å². The first-order valence-corrected chi connectivity index (χ1v) is 8.32. The van der Waals surface area contributed by atoms with Crippen molar-refractivity contribution in [3.8, 4) is 6.07 Å². The van der Waals surface area contributed by atoms with Crippen molar-refractivity contribution in [3.05, 3.63) is 57.0 Å². The van der Waals surface area contributed by atoms with Gasteiger partial charge in [-0.2, -0.15) is 10.4 Å². The van der Waals surface area contributed by atoms with Crippen LogP contribution < -0.4 is 10.5 Å². The number of carbonyl (C=O) groups is 1. The number of carbonyl (C=O) groups excluding carboxylic acids is 1. The number of aryl methyl sites for hydroxylation is 2. The monoisotopic (exact) mass is 336 g/mol. The Balaban J connectivity index is 1.98. The van der Waals surface area contributed by atoms with E-state index >= 15 is 0 Å². The van der Waals surface area contributed by atoms with Gasteiger partial charge in [-0.3, -0.25) is 9.59 Å². The number of amides is 1. The Labute approximate surface area is 146 Å². The Kier molecular flexibility index (Phi) is 4.41. The van der Waals surface area contributed by atoms with E-state index in [0.717, 1.165) is 28.8 Å². The summed E-state index contributed by atoms with van der Waals surface area (Å²) in [4.78, 5) is 27.1. The lowest BCUT2D eigenvalue weighted by molar-refractivity contribution is -0.120. The smallest absolute Gasteiger partial charge is 0.285 e. The van der Waals surface area contributed by atoms with Gasteiger partial charge in [-0.05, 0) is 50.8 Å². The molecule has 6 nitrogen and oxygen atoms in total. The standard InChI is InChI=1S/C19H20N4O2/c1-12-8-9-15-6-4-5-7-17(15)23(12)18(24)11-22-19(25)16(10-20)13(2)14(3)21-22/h4-7,12H,8-9,11H2,1-3H3/t12-/m1/s1. The molecule has 0 bridgehead atoms. The van der Waals surface area contributed by atoms with Crippen molar-refractivity contribution in [2.45, 2.75) is 46.2 Å². The molecule has 128 valence electrons. The van der Waals surface area contributed by atoms with Gasteiger partial charge in [0.25, 0.3) is 5.56 Å². The minimum absolute atomic E-state index is 0.0485. The Morgan fingerprint density at radius 1 is 1.36 bits per heavy atom. The summed E-state index contributed by atoms with van der Waals surface area (Å²) in [5.74, 6) is -0.193. The Morgan fingerprint density at radius 3 is 2.80 bits per heavy atom. The first kappa shape index (κ1) is 16.9. The van der Waals surface area contributed by atoms with Crippen LogP contribution >= 0.6 is 0 Å². The normalized spacial score (nSPS) is 16.2.